The van der Waals surface area contributed by atoms with Crippen molar-refractivity contribution in [2.24, 2.45) is 0 Å². The Balaban J connectivity index is 1.64. The summed E-state index contributed by atoms with van der Waals surface area (Å²) in [5.74, 6) is 1.64. The van der Waals surface area contributed by atoms with Crippen LogP contribution in [0.4, 0.5) is 0 Å². The van der Waals surface area contributed by atoms with Gasteiger partial charge in [0, 0.05) is 35.2 Å². The van der Waals surface area contributed by atoms with Gasteiger partial charge in [-0.1, -0.05) is 25.6 Å². The molecule has 0 atom stereocenters. The number of H-pyrrole nitrogens is 1. The standard InChI is InChI=1S/C21H20N4O2S/c1-12(2)16-9-17-15(8-19(26)27-18(17)7-13(16)3)11-28-21-23-20(24-25-21)14-5-4-6-22-10-14/h4-10,12H,11H2,1-3H3,(H,23,24,25). The Morgan fingerprint density at radius 2 is 2.11 bits per heavy atom. The van der Waals surface area contributed by atoms with E-state index in [-0.39, 0.29) is 5.63 Å². The van der Waals surface area contributed by atoms with Crippen LogP contribution in [0.3, 0.4) is 0 Å². The van der Waals surface area contributed by atoms with Gasteiger partial charge in [0.25, 0.3) is 0 Å². The summed E-state index contributed by atoms with van der Waals surface area (Å²) < 4.78 is 5.42. The lowest BCUT2D eigenvalue weighted by molar-refractivity contribution is 0.559. The molecule has 0 aliphatic heterocycles. The van der Waals surface area contributed by atoms with Gasteiger partial charge in [0.15, 0.2) is 5.82 Å². The summed E-state index contributed by atoms with van der Waals surface area (Å²) in [6, 6.07) is 9.42. The Labute approximate surface area is 166 Å². The summed E-state index contributed by atoms with van der Waals surface area (Å²) in [4.78, 5) is 20.6. The summed E-state index contributed by atoms with van der Waals surface area (Å²) in [6.45, 7) is 6.37. The van der Waals surface area contributed by atoms with Gasteiger partial charge in [-0.15, -0.1) is 5.10 Å². The molecule has 4 rings (SSSR count). The average molecular weight is 392 g/mol. The number of rotatable bonds is 5. The van der Waals surface area contributed by atoms with Gasteiger partial charge in [-0.05, 0) is 53.8 Å². The highest BCUT2D eigenvalue weighted by atomic mass is 32.2. The number of hydrogen-bond donors (Lipinski definition) is 1. The van der Waals surface area contributed by atoms with Crippen LogP contribution in [0.2, 0.25) is 0 Å². The summed E-state index contributed by atoms with van der Waals surface area (Å²) in [5.41, 5.74) is 4.47. The molecule has 0 saturated carbocycles. The number of aryl methyl sites for hydroxylation is 1. The molecule has 4 aromatic rings. The highest BCUT2D eigenvalue weighted by Gasteiger charge is 2.13. The molecule has 0 aliphatic carbocycles. The van der Waals surface area contributed by atoms with Gasteiger partial charge in [0.05, 0.1) is 0 Å². The van der Waals surface area contributed by atoms with Crippen LogP contribution in [-0.2, 0) is 5.75 Å². The largest absolute Gasteiger partial charge is 0.423 e. The number of hydrogen-bond acceptors (Lipinski definition) is 6. The predicted octanol–water partition coefficient (Wildman–Crippen LogP) is 4.70. The van der Waals surface area contributed by atoms with Crippen LogP contribution in [0, 0.1) is 6.92 Å². The number of aromatic amines is 1. The second kappa shape index (κ2) is 7.59. The quantitative estimate of drug-likeness (QED) is 0.391. The van der Waals surface area contributed by atoms with Crippen molar-refractivity contribution in [3.05, 3.63) is 69.8 Å². The molecular formula is C21H20N4O2S. The first-order chi connectivity index (χ1) is 13.5. The number of thioether (sulfide) groups is 1. The molecule has 0 saturated heterocycles. The van der Waals surface area contributed by atoms with Gasteiger partial charge in [-0.3, -0.25) is 10.1 Å². The Kier molecular flexibility index (Phi) is 5.00. The molecule has 0 spiro atoms. The van der Waals surface area contributed by atoms with Crippen LogP contribution in [0.1, 0.15) is 36.5 Å². The van der Waals surface area contributed by atoms with Crippen LogP contribution < -0.4 is 5.63 Å². The van der Waals surface area contributed by atoms with E-state index in [1.807, 2.05) is 25.1 Å². The van der Waals surface area contributed by atoms with Crippen LogP contribution in [0.25, 0.3) is 22.4 Å². The maximum atomic E-state index is 12.0. The molecule has 0 bridgehead atoms. The lowest BCUT2D eigenvalue weighted by Gasteiger charge is -2.12. The zero-order valence-corrected chi connectivity index (χ0v) is 16.7. The topological polar surface area (TPSA) is 84.7 Å². The first-order valence-corrected chi connectivity index (χ1v) is 10.0. The van der Waals surface area contributed by atoms with E-state index in [0.29, 0.717) is 28.2 Å². The summed E-state index contributed by atoms with van der Waals surface area (Å²) >= 11 is 1.48. The van der Waals surface area contributed by atoms with E-state index in [2.05, 4.69) is 40.1 Å². The molecule has 0 fully saturated rings. The van der Waals surface area contributed by atoms with Crippen molar-refractivity contribution < 1.29 is 4.42 Å². The van der Waals surface area contributed by atoms with Crippen molar-refractivity contribution in [1.29, 1.82) is 0 Å². The van der Waals surface area contributed by atoms with Crippen molar-refractivity contribution in [3.8, 4) is 11.4 Å². The van der Waals surface area contributed by atoms with Gasteiger partial charge in [-0.25, -0.2) is 9.78 Å². The Morgan fingerprint density at radius 1 is 1.25 bits per heavy atom. The van der Waals surface area contributed by atoms with Gasteiger partial charge >= 0.3 is 5.63 Å². The minimum Gasteiger partial charge on any atom is -0.423 e. The number of fused-ring (bicyclic) bond motifs is 1. The molecular weight excluding hydrogens is 372 g/mol. The zero-order chi connectivity index (χ0) is 19.7. The highest BCUT2D eigenvalue weighted by molar-refractivity contribution is 7.98. The third-order valence-electron chi connectivity index (χ3n) is 4.60. The van der Waals surface area contributed by atoms with E-state index in [1.54, 1.807) is 18.5 Å². The van der Waals surface area contributed by atoms with E-state index in [1.165, 1.54) is 17.3 Å². The first kappa shape index (κ1) is 18.4. The van der Waals surface area contributed by atoms with Gasteiger partial charge in [0.2, 0.25) is 5.16 Å². The molecule has 0 amide bonds. The fourth-order valence-corrected chi connectivity index (χ4v) is 4.01. The molecule has 7 heteroatoms. The zero-order valence-electron chi connectivity index (χ0n) is 15.9. The minimum atomic E-state index is -0.342. The normalized spacial score (nSPS) is 11.4. The monoisotopic (exact) mass is 392 g/mol. The maximum absolute atomic E-state index is 12.0. The Hall–Kier alpha value is -2.93. The second-order valence-corrected chi connectivity index (χ2v) is 7.89. The number of pyridine rings is 1. The molecule has 28 heavy (non-hydrogen) atoms. The third kappa shape index (κ3) is 3.71. The fraction of sp³-hybridized carbons (Fsp3) is 0.238. The van der Waals surface area contributed by atoms with Crippen molar-refractivity contribution >= 4 is 22.7 Å². The summed E-state index contributed by atoms with van der Waals surface area (Å²) in [7, 11) is 0. The number of nitrogens with zero attached hydrogens (tertiary/aromatic N) is 3. The molecule has 1 aromatic carbocycles. The highest BCUT2D eigenvalue weighted by Crippen LogP contribution is 2.30. The van der Waals surface area contributed by atoms with E-state index < -0.39 is 0 Å². The van der Waals surface area contributed by atoms with Crippen LogP contribution in [-0.4, -0.2) is 20.2 Å². The number of benzene rings is 1. The van der Waals surface area contributed by atoms with E-state index in [9.17, 15) is 4.79 Å². The van der Waals surface area contributed by atoms with Gasteiger partial charge in [-0.2, -0.15) is 0 Å². The molecule has 0 unspecified atom stereocenters. The molecule has 142 valence electrons. The maximum Gasteiger partial charge on any atom is 0.336 e. The van der Waals surface area contributed by atoms with Gasteiger partial charge in [0.1, 0.15) is 5.58 Å². The number of nitrogens with one attached hydrogen (secondary N) is 1. The van der Waals surface area contributed by atoms with Crippen LogP contribution in [0.5, 0.6) is 0 Å². The van der Waals surface area contributed by atoms with E-state index in [0.717, 1.165) is 22.1 Å². The molecule has 6 nitrogen and oxygen atoms in total. The summed E-state index contributed by atoms with van der Waals surface area (Å²) in [6.07, 6.45) is 3.45. The Morgan fingerprint density at radius 3 is 2.86 bits per heavy atom. The second-order valence-electron chi connectivity index (χ2n) is 6.95. The number of aromatic nitrogens is 4. The van der Waals surface area contributed by atoms with E-state index in [4.69, 9.17) is 4.42 Å². The molecule has 0 aliphatic rings. The average Bonchev–Trinajstić information content (AvgIpc) is 3.15. The Bertz CT molecular complexity index is 1180. The lowest BCUT2D eigenvalue weighted by Crippen LogP contribution is -2.02. The van der Waals surface area contributed by atoms with Crippen molar-refractivity contribution in [1.82, 2.24) is 20.2 Å². The predicted molar refractivity (Wildman–Crippen MR) is 110 cm³/mol. The molecule has 1 N–H and O–H groups in total. The third-order valence-corrected chi connectivity index (χ3v) is 5.49. The van der Waals surface area contributed by atoms with Crippen molar-refractivity contribution in [2.45, 2.75) is 37.6 Å². The first-order valence-electron chi connectivity index (χ1n) is 9.04. The minimum absolute atomic E-state index is 0.342. The lowest BCUT2D eigenvalue weighted by atomic mass is 9.95. The molecule has 3 aromatic heterocycles. The smallest absolute Gasteiger partial charge is 0.336 e. The van der Waals surface area contributed by atoms with Crippen LogP contribution in [0.15, 0.2) is 57.1 Å². The van der Waals surface area contributed by atoms with Crippen molar-refractivity contribution in [3.63, 3.8) is 0 Å². The van der Waals surface area contributed by atoms with E-state index >= 15 is 0 Å². The fourth-order valence-electron chi connectivity index (χ4n) is 3.22. The van der Waals surface area contributed by atoms with Crippen molar-refractivity contribution in [2.75, 3.05) is 0 Å². The molecule has 3 heterocycles. The molecule has 0 radical (unpaired) electrons. The van der Waals surface area contributed by atoms with Crippen LogP contribution >= 0.6 is 11.8 Å². The SMILES string of the molecule is Cc1cc2oc(=O)cc(CSc3n[nH]c(-c4cccnc4)n3)c2cc1C(C)C. The van der Waals surface area contributed by atoms with Gasteiger partial charge < -0.3 is 4.42 Å². The summed E-state index contributed by atoms with van der Waals surface area (Å²) in [5, 5.41) is 8.79.